The Labute approximate surface area is 135 Å². The van der Waals surface area contributed by atoms with Crippen molar-refractivity contribution >= 4 is 29.1 Å². The molecule has 2 aliphatic heterocycles. The predicted molar refractivity (Wildman–Crippen MR) is 85.9 cm³/mol. The molecule has 2 aliphatic rings. The summed E-state index contributed by atoms with van der Waals surface area (Å²) in [6, 6.07) is 6.83. The van der Waals surface area contributed by atoms with Crippen molar-refractivity contribution in [1.82, 2.24) is 10.6 Å². The molecule has 0 aromatic heterocycles. The number of halogens is 1. The van der Waals surface area contributed by atoms with E-state index in [0.717, 1.165) is 13.1 Å². The summed E-state index contributed by atoms with van der Waals surface area (Å²) in [5.41, 5.74) is 0.710. The average Bonchev–Trinajstić information content (AvgIpc) is 2.79. The van der Waals surface area contributed by atoms with Crippen LogP contribution in [0, 0.1) is 11.8 Å². The first-order chi connectivity index (χ1) is 10.6. The summed E-state index contributed by atoms with van der Waals surface area (Å²) >= 11 is 6.15. The number of hydrogen-bond donors (Lipinski definition) is 2. The van der Waals surface area contributed by atoms with Crippen LogP contribution in [0.3, 0.4) is 0 Å². The molecule has 2 saturated heterocycles. The third kappa shape index (κ3) is 2.83. The zero-order valence-electron chi connectivity index (χ0n) is 12.5. The first-order valence-corrected chi connectivity index (χ1v) is 8.02. The van der Waals surface area contributed by atoms with Gasteiger partial charge >= 0.3 is 0 Å². The van der Waals surface area contributed by atoms with Crippen molar-refractivity contribution in [3.8, 4) is 0 Å². The lowest BCUT2D eigenvalue weighted by atomic mass is 9.88. The minimum Gasteiger partial charge on any atom is -0.344 e. The first kappa shape index (κ1) is 15.3. The molecule has 2 atom stereocenters. The highest BCUT2D eigenvalue weighted by molar-refractivity contribution is 6.34. The highest BCUT2D eigenvalue weighted by atomic mass is 35.5. The predicted octanol–water partition coefficient (Wildman–Crippen LogP) is 1.42. The molecule has 2 unspecified atom stereocenters. The normalized spacial score (nSPS) is 23.3. The van der Waals surface area contributed by atoms with Gasteiger partial charge in [0.25, 0.3) is 0 Å². The molecule has 6 heteroatoms. The van der Waals surface area contributed by atoms with Gasteiger partial charge in [-0.3, -0.25) is 9.59 Å². The number of para-hydroxylation sites is 1. The molecule has 1 aromatic rings. The van der Waals surface area contributed by atoms with E-state index in [1.54, 1.807) is 11.0 Å². The molecule has 2 fully saturated rings. The summed E-state index contributed by atoms with van der Waals surface area (Å²) in [6.07, 6.45) is 0.617. The number of amides is 2. The van der Waals surface area contributed by atoms with Gasteiger partial charge in [0.15, 0.2) is 0 Å². The van der Waals surface area contributed by atoms with Crippen LogP contribution in [-0.4, -0.2) is 37.5 Å². The second-order valence-electron chi connectivity index (χ2n) is 6.00. The van der Waals surface area contributed by atoms with E-state index in [1.165, 1.54) is 0 Å². The monoisotopic (exact) mass is 321 g/mol. The maximum absolute atomic E-state index is 12.5. The Kier molecular flexibility index (Phi) is 4.36. The molecule has 118 valence electrons. The minimum absolute atomic E-state index is 0.0362. The van der Waals surface area contributed by atoms with Crippen LogP contribution in [-0.2, 0) is 9.59 Å². The summed E-state index contributed by atoms with van der Waals surface area (Å²) in [7, 11) is 0. The molecule has 0 radical (unpaired) electrons. The van der Waals surface area contributed by atoms with Crippen LogP contribution < -0.4 is 15.5 Å². The fraction of sp³-hybridized carbons (Fsp3) is 0.500. The Morgan fingerprint density at radius 2 is 2.14 bits per heavy atom. The number of carbonyl (C=O) groups excluding carboxylic acids is 2. The van der Waals surface area contributed by atoms with Crippen molar-refractivity contribution in [1.29, 1.82) is 0 Å². The number of nitrogens with one attached hydrogen (secondary N) is 2. The van der Waals surface area contributed by atoms with Crippen molar-refractivity contribution in [3.05, 3.63) is 29.3 Å². The van der Waals surface area contributed by atoms with Crippen molar-refractivity contribution in [3.63, 3.8) is 0 Å². The number of benzene rings is 1. The van der Waals surface area contributed by atoms with E-state index in [4.69, 9.17) is 11.6 Å². The molecule has 2 amide bonds. The van der Waals surface area contributed by atoms with Gasteiger partial charge in [0.05, 0.1) is 10.7 Å². The molecule has 1 aromatic carbocycles. The van der Waals surface area contributed by atoms with Gasteiger partial charge in [0.1, 0.15) is 6.04 Å². The Morgan fingerprint density at radius 3 is 2.77 bits per heavy atom. The maximum Gasteiger partial charge on any atom is 0.249 e. The summed E-state index contributed by atoms with van der Waals surface area (Å²) < 4.78 is 0. The number of carbonyl (C=O) groups is 2. The van der Waals surface area contributed by atoms with Crippen LogP contribution >= 0.6 is 11.6 Å². The van der Waals surface area contributed by atoms with E-state index < -0.39 is 6.04 Å². The largest absolute Gasteiger partial charge is 0.344 e. The second kappa shape index (κ2) is 6.26. The molecular formula is C16H20ClN3O2. The fourth-order valence-corrected chi connectivity index (χ4v) is 3.14. The molecule has 0 aliphatic carbocycles. The van der Waals surface area contributed by atoms with Gasteiger partial charge in [0, 0.05) is 12.5 Å². The SMILES string of the molecule is CC(C(=O)NC1CCN(c2ccccc2Cl)C1=O)C1CNC1. The lowest BCUT2D eigenvalue weighted by Crippen LogP contribution is -2.52. The molecule has 5 nitrogen and oxygen atoms in total. The Hall–Kier alpha value is -1.59. The number of hydrogen-bond acceptors (Lipinski definition) is 3. The van der Waals surface area contributed by atoms with Crippen LogP contribution in [0.25, 0.3) is 0 Å². The average molecular weight is 322 g/mol. The molecule has 2 heterocycles. The van der Waals surface area contributed by atoms with Crippen LogP contribution in [0.1, 0.15) is 13.3 Å². The number of anilines is 1. The van der Waals surface area contributed by atoms with Gasteiger partial charge in [-0.2, -0.15) is 0 Å². The summed E-state index contributed by atoms with van der Waals surface area (Å²) in [5, 5.41) is 6.61. The zero-order chi connectivity index (χ0) is 15.7. The minimum atomic E-state index is -0.445. The smallest absolute Gasteiger partial charge is 0.249 e. The molecule has 22 heavy (non-hydrogen) atoms. The molecule has 0 bridgehead atoms. The van der Waals surface area contributed by atoms with Gasteiger partial charge in [-0.05, 0) is 37.6 Å². The third-order valence-electron chi connectivity index (χ3n) is 4.60. The Morgan fingerprint density at radius 1 is 1.41 bits per heavy atom. The Balaban J connectivity index is 1.64. The van der Waals surface area contributed by atoms with E-state index in [-0.39, 0.29) is 17.7 Å². The van der Waals surface area contributed by atoms with Crippen LogP contribution in [0.2, 0.25) is 5.02 Å². The standard InChI is InChI=1S/C16H20ClN3O2/c1-10(11-8-18-9-11)15(21)19-13-6-7-20(16(13)22)14-5-3-2-4-12(14)17/h2-5,10-11,13,18H,6-9H2,1H3,(H,19,21). The van der Waals surface area contributed by atoms with E-state index in [2.05, 4.69) is 10.6 Å². The lowest BCUT2D eigenvalue weighted by molar-refractivity contribution is -0.130. The van der Waals surface area contributed by atoms with E-state index in [1.807, 2.05) is 25.1 Å². The van der Waals surface area contributed by atoms with Gasteiger partial charge in [-0.15, -0.1) is 0 Å². The van der Waals surface area contributed by atoms with Gasteiger partial charge in [0.2, 0.25) is 11.8 Å². The molecular weight excluding hydrogens is 302 g/mol. The second-order valence-corrected chi connectivity index (χ2v) is 6.41. The summed E-state index contributed by atoms with van der Waals surface area (Å²) in [4.78, 5) is 26.4. The fourth-order valence-electron chi connectivity index (χ4n) is 2.91. The van der Waals surface area contributed by atoms with Crippen molar-refractivity contribution < 1.29 is 9.59 Å². The van der Waals surface area contributed by atoms with E-state index in [0.29, 0.717) is 29.6 Å². The van der Waals surface area contributed by atoms with E-state index in [9.17, 15) is 9.59 Å². The quantitative estimate of drug-likeness (QED) is 0.881. The summed E-state index contributed by atoms with van der Waals surface area (Å²) in [6.45, 7) is 4.25. The van der Waals surface area contributed by atoms with Crippen LogP contribution in [0.5, 0.6) is 0 Å². The van der Waals surface area contributed by atoms with Crippen LogP contribution in [0.4, 0.5) is 5.69 Å². The van der Waals surface area contributed by atoms with Crippen molar-refractivity contribution in [2.24, 2.45) is 11.8 Å². The first-order valence-electron chi connectivity index (χ1n) is 7.65. The van der Waals surface area contributed by atoms with Gasteiger partial charge in [-0.25, -0.2) is 0 Å². The van der Waals surface area contributed by atoms with Crippen molar-refractivity contribution in [2.75, 3.05) is 24.5 Å². The molecule has 0 spiro atoms. The van der Waals surface area contributed by atoms with E-state index >= 15 is 0 Å². The molecule has 3 rings (SSSR count). The molecule has 2 N–H and O–H groups in total. The van der Waals surface area contributed by atoms with Gasteiger partial charge < -0.3 is 15.5 Å². The Bertz CT molecular complexity index is 589. The number of rotatable bonds is 4. The topological polar surface area (TPSA) is 61.4 Å². The maximum atomic E-state index is 12.5. The number of nitrogens with zero attached hydrogens (tertiary/aromatic N) is 1. The third-order valence-corrected chi connectivity index (χ3v) is 4.92. The highest BCUT2D eigenvalue weighted by Gasteiger charge is 2.36. The molecule has 0 saturated carbocycles. The van der Waals surface area contributed by atoms with Crippen LogP contribution in [0.15, 0.2) is 24.3 Å². The lowest BCUT2D eigenvalue weighted by Gasteiger charge is -2.32. The highest BCUT2D eigenvalue weighted by Crippen LogP contribution is 2.29. The summed E-state index contributed by atoms with van der Waals surface area (Å²) in [5.74, 6) is 0.186. The van der Waals surface area contributed by atoms with Gasteiger partial charge in [-0.1, -0.05) is 30.7 Å². The van der Waals surface area contributed by atoms with Crippen molar-refractivity contribution in [2.45, 2.75) is 19.4 Å². The zero-order valence-corrected chi connectivity index (χ0v) is 13.3.